The normalized spacial score (nSPS) is 13.8. The van der Waals surface area contributed by atoms with Crippen LogP contribution in [0.15, 0.2) is 146 Å². The second-order valence-electron chi connectivity index (χ2n) is 13.2. The Morgan fingerprint density at radius 1 is 0.413 bits per heavy atom. The third-order valence-electron chi connectivity index (χ3n) is 10.4. The Hall–Kier alpha value is -5.66. The van der Waals surface area contributed by atoms with Gasteiger partial charge in [-0.2, -0.15) is 0 Å². The van der Waals surface area contributed by atoms with E-state index < -0.39 is 0 Å². The number of rotatable bonds is 2. The van der Waals surface area contributed by atoms with Crippen LogP contribution in [0, 0.1) is 0 Å². The third kappa shape index (κ3) is 3.40. The smallest absolute Gasteiger partial charge is 0.135 e. The molecule has 0 amide bonds. The van der Waals surface area contributed by atoms with E-state index in [0.29, 0.717) is 0 Å². The lowest BCUT2D eigenvalue weighted by Gasteiger charge is -2.25. The molecule has 1 nitrogen and oxygen atoms in total. The van der Waals surface area contributed by atoms with E-state index in [1.807, 2.05) is 6.07 Å². The zero-order valence-corrected chi connectivity index (χ0v) is 25.8. The second kappa shape index (κ2) is 9.19. The van der Waals surface area contributed by atoms with Crippen molar-refractivity contribution in [2.75, 3.05) is 0 Å². The van der Waals surface area contributed by atoms with Crippen molar-refractivity contribution in [3.63, 3.8) is 0 Å². The van der Waals surface area contributed by atoms with Crippen LogP contribution in [-0.4, -0.2) is 0 Å². The van der Waals surface area contributed by atoms with Gasteiger partial charge in [-0.1, -0.05) is 141 Å². The molecule has 46 heavy (non-hydrogen) atoms. The fourth-order valence-electron chi connectivity index (χ4n) is 8.37. The molecule has 0 aromatic heterocycles. The van der Waals surface area contributed by atoms with E-state index in [0.717, 1.165) is 17.1 Å². The molecular weight excluding hydrogens is 556 g/mol. The molecule has 0 unspecified atom stereocenters. The molecule has 0 spiro atoms. The molecule has 1 aliphatic carbocycles. The summed E-state index contributed by atoms with van der Waals surface area (Å²) in [5, 5.41) is 7.62. The Morgan fingerprint density at radius 2 is 1.07 bits per heavy atom. The SMILES string of the molecule is CC1(C)c2cc(-c3ccc4c5c(cccc35)-c3ccccc3O4)ccc2-c2ccc3cccc(-c4cccc5ccccc45)c3c21. The zero-order chi connectivity index (χ0) is 30.6. The molecule has 0 fully saturated rings. The Bertz CT molecular complexity index is 2580. The van der Waals surface area contributed by atoms with Crippen LogP contribution in [0.3, 0.4) is 0 Å². The number of benzene rings is 8. The lowest BCUT2D eigenvalue weighted by atomic mass is 9.78. The molecule has 0 atom stereocenters. The first-order valence-corrected chi connectivity index (χ1v) is 16.1. The average Bonchev–Trinajstić information content (AvgIpc) is 3.33. The lowest BCUT2D eigenvalue weighted by Crippen LogP contribution is -2.16. The van der Waals surface area contributed by atoms with E-state index in [2.05, 4.69) is 153 Å². The maximum atomic E-state index is 6.41. The molecule has 10 rings (SSSR count). The van der Waals surface area contributed by atoms with Crippen molar-refractivity contribution in [1.82, 2.24) is 0 Å². The Kier molecular flexibility index (Phi) is 5.12. The van der Waals surface area contributed by atoms with Crippen LogP contribution in [0.1, 0.15) is 25.0 Å². The van der Waals surface area contributed by atoms with Gasteiger partial charge in [0.1, 0.15) is 11.5 Å². The monoisotopic (exact) mass is 586 g/mol. The second-order valence-corrected chi connectivity index (χ2v) is 13.2. The minimum absolute atomic E-state index is 0.185. The summed E-state index contributed by atoms with van der Waals surface area (Å²) in [6, 6.07) is 53.3. The summed E-state index contributed by atoms with van der Waals surface area (Å²) in [4.78, 5) is 0. The van der Waals surface area contributed by atoms with E-state index in [4.69, 9.17) is 4.74 Å². The molecule has 0 radical (unpaired) electrons. The van der Waals surface area contributed by atoms with Crippen molar-refractivity contribution in [2.24, 2.45) is 0 Å². The van der Waals surface area contributed by atoms with Gasteiger partial charge in [0.15, 0.2) is 0 Å². The Morgan fingerprint density at radius 3 is 1.98 bits per heavy atom. The summed E-state index contributed by atoms with van der Waals surface area (Å²) >= 11 is 0. The van der Waals surface area contributed by atoms with E-state index in [9.17, 15) is 0 Å². The van der Waals surface area contributed by atoms with Crippen molar-refractivity contribution >= 4 is 32.3 Å². The van der Waals surface area contributed by atoms with Gasteiger partial charge in [0.25, 0.3) is 0 Å². The molecule has 1 heteroatoms. The molecule has 0 saturated heterocycles. The van der Waals surface area contributed by atoms with Gasteiger partial charge < -0.3 is 4.74 Å². The summed E-state index contributed by atoms with van der Waals surface area (Å²) in [6.45, 7) is 4.81. The minimum Gasteiger partial charge on any atom is -0.456 e. The molecule has 216 valence electrons. The number of hydrogen-bond acceptors (Lipinski definition) is 1. The largest absolute Gasteiger partial charge is 0.456 e. The predicted molar refractivity (Wildman–Crippen MR) is 193 cm³/mol. The van der Waals surface area contributed by atoms with Crippen LogP contribution in [0.5, 0.6) is 11.5 Å². The molecule has 0 N–H and O–H groups in total. The minimum atomic E-state index is -0.185. The summed E-state index contributed by atoms with van der Waals surface area (Å²) in [6.07, 6.45) is 0. The zero-order valence-electron chi connectivity index (χ0n) is 25.8. The van der Waals surface area contributed by atoms with E-state index >= 15 is 0 Å². The van der Waals surface area contributed by atoms with E-state index in [1.165, 1.54) is 82.4 Å². The van der Waals surface area contributed by atoms with Crippen LogP contribution >= 0.6 is 0 Å². The first-order valence-electron chi connectivity index (χ1n) is 16.1. The fourth-order valence-corrected chi connectivity index (χ4v) is 8.37. The van der Waals surface area contributed by atoms with E-state index in [-0.39, 0.29) is 5.41 Å². The first kappa shape index (κ1) is 25.6. The molecule has 0 saturated carbocycles. The topological polar surface area (TPSA) is 9.23 Å². The van der Waals surface area contributed by atoms with E-state index in [1.54, 1.807) is 0 Å². The molecule has 1 heterocycles. The summed E-state index contributed by atoms with van der Waals surface area (Å²) in [7, 11) is 0. The quantitative estimate of drug-likeness (QED) is 0.196. The lowest BCUT2D eigenvalue weighted by molar-refractivity contribution is 0.487. The maximum absolute atomic E-state index is 6.41. The van der Waals surface area contributed by atoms with Crippen molar-refractivity contribution in [3.8, 4) is 56.0 Å². The van der Waals surface area contributed by atoms with Gasteiger partial charge in [-0.05, 0) is 95.2 Å². The summed E-state index contributed by atoms with van der Waals surface area (Å²) in [5.41, 5.74) is 12.7. The number of fused-ring (bicyclic) bond motifs is 8. The highest BCUT2D eigenvalue weighted by Gasteiger charge is 2.38. The molecule has 1 aliphatic heterocycles. The van der Waals surface area contributed by atoms with Gasteiger partial charge in [-0.15, -0.1) is 0 Å². The Labute approximate surface area is 268 Å². The molecule has 0 bridgehead atoms. The molecular formula is C45H30O. The van der Waals surface area contributed by atoms with Gasteiger partial charge in [0, 0.05) is 16.4 Å². The van der Waals surface area contributed by atoms with Crippen LogP contribution in [0.4, 0.5) is 0 Å². The van der Waals surface area contributed by atoms with Crippen molar-refractivity contribution in [1.29, 1.82) is 0 Å². The van der Waals surface area contributed by atoms with Gasteiger partial charge >= 0.3 is 0 Å². The highest BCUT2D eigenvalue weighted by atomic mass is 16.5. The maximum Gasteiger partial charge on any atom is 0.135 e. The standard InChI is InChI=1S/C45H30O/c1-45(2)39-26-29(31-24-25-41-43-35(31)17-9-18-37(43)34-14-5-6-19-40(34)46-41)21-22-33(39)38-23-20-28-12-8-16-36(42(28)44(38)45)32-15-7-11-27-10-3-4-13-30(27)32/h3-26H,1-2H3. The van der Waals surface area contributed by atoms with Crippen LogP contribution in [0.25, 0.3) is 76.8 Å². The molecule has 2 aliphatic rings. The fraction of sp³-hybridized carbons (Fsp3) is 0.0667. The highest BCUT2D eigenvalue weighted by Crippen LogP contribution is 2.55. The van der Waals surface area contributed by atoms with Crippen molar-refractivity contribution in [3.05, 3.63) is 157 Å². The Balaban J connectivity index is 1.18. The molecule has 8 aromatic carbocycles. The van der Waals surface area contributed by atoms with Crippen LogP contribution in [-0.2, 0) is 5.41 Å². The van der Waals surface area contributed by atoms with Crippen LogP contribution < -0.4 is 4.74 Å². The van der Waals surface area contributed by atoms with Crippen LogP contribution in [0.2, 0.25) is 0 Å². The van der Waals surface area contributed by atoms with Gasteiger partial charge in [0.2, 0.25) is 0 Å². The van der Waals surface area contributed by atoms with Crippen molar-refractivity contribution in [2.45, 2.75) is 19.3 Å². The van der Waals surface area contributed by atoms with Crippen molar-refractivity contribution < 1.29 is 4.74 Å². The number of ether oxygens (including phenoxy) is 1. The highest BCUT2D eigenvalue weighted by molar-refractivity contribution is 6.12. The number of para-hydroxylation sites is 1. The summed E-state index contributed by atoms with van der Waals surface area (Å²) < 4.78 is 6.41. The predicted octanol–water partition coefficient (Wildman–Crippen LogP) is 12.6. The number of hydrogen-bond donors (Lipinski definition) is 0. The summed E-state index contributed by atoms with van der Waals surface area (Å²) in [5.74, 6) is 1.84. The van der Waals surface area contributed by atoms with Gasteiger partial charge in [0.05, 0.1) is 0 Å². The third-order valence-corrected chi connectivity index (χ3v) is 10.4. The molecule has 8 aromatic rings. The van der Waals surface area contributed by atoms with Gasteiger partial charge in [-0.3, -0.25) is 0 Å². The average molecular weight is 587 g/mol. The first-order chi connectivity index (χ1) is 22.6. The van der Waals surface area contributed by atoms with Gasteiger partial charge in [-0.25, -0.2) is 0 Å².